The van der Waals surface area contributed by atoms with Crippen LogP contribution in [0.25, 0.3) is 10.9 Å². The molecule has 25 heavy (non-hydrogen) atoms. The van der Waals surface area contributed by atoms with Crippen LogP contribution >= 0.6 is 0 Å². The molecule has 2 unspecified atom stereocenters. The van der Waals surface area contributed by atoms with Gasteiger partial charge in [-0.15, -0.1) is 0 Å². The molecule has 0 saturated heterocycles. The summed E-state index contributed by atoms with van der Waals surface area (Å²) in [6, 6.07) is 13.8. The van der Waals surface area contributed by atoms with Crippen molar-refractivity contribution >= 4 is 16.8 Å². The number of aromatic amines is 1. The lowest BCUT2D eigenvalue weighted by atomic mass is 10.0. The standard InChI is InChI=1S/C21H22N2O2/c1-13-5-4-8-17-15(12-22-20(13)17)9-10-19(25)23-21-16-7-3-2-6-14(16)11-18(21)24/h2-8,12,18,21-22,24H,9-11H2,1H3,(H,23,25). The molecule has 4 nitrogen and oxygen atoms in total. The van der Waals surface area contributed by atoms with Gasteiger partial charge in [-0.05, 0) is 35.6 Å². The lowest BCUT2D eigenvalue weighted by molar-refractivity contribution is -0.122. The van der Waals surface area contributed by atoms with Crippen molar-refractivity contribution in [2.24, 2.45) is 0 Å². The third-order valence-electron chi connectivity index (χ3n) is 5.15. The Bertz CT molecular complexity index is 929. The molecule has 0 bridgehead atoms. The second-order valence-corrected chi connectivity index (χ2v) is 6.83. The van der Waals surface area contributed by atoms with E-state index in [0.29, 0.717) is 19.3 Å². The zero-order valence-corrected chi connectivity index (χ0v) is 14.3. The maximum absolute atomic E-state index is 12.4. The summed E-state index contributed by atoms with van der Waals surface area (Å²) in [5, 5.41) is 14.5. The summed E-state index contributed by atoms with van der Waals surface area (Å²) in [4.78, 5) is 15.7. The van der Waals surface area contributed by atoms with Crippen LogP contribution in [0.4, 0.5) is 0 Å². The van der Waals surface area contributed by atoms with Crippen LogP contribution in [0.15, 0.2) is 48.7 Å². The van der Waals surface area contributed by atoms with Crippen molar-refractivity contribution in [3.8, 4) is 0 Å². The molecule has 1 aromatic heterocycles. The summed E-state index contributed by atoms with van der Waals surface area (Å²) < 4.78 is 0. The van der Waals surface area contributed by atoms with E-state index in [4.69, 9.17) is 0 Å². The molecular weight excluding hydrogens is 312 g/mol. The van der Waals surface area contributed by atoms with Gasteiger partial charge in [0.2, 0.25) is 5.91 Å². The summed E-state index contributed by atoms with van der Waals surface area (Å²) in [6.45, 7) is 2.08. The molecular formula is C21H22N2O2. The Hall–Kier alpha value is -2.59. The van der Waals surface area contributed by atoms with Crippen LogP contribution in [-0.2, 0) is 17.6 Å². The van der Waals surface area contributed by atoms with Gasteiger partial charge in [-0.2, -0.15) is 0 Å². The monoisotopic (exact) mass is 334 g/mol. The van der Waals surface area contributed by atoms with E-state index in [9.17, 15) is 9.90 Å². The lowest BCUT2D eigenvalue weighted by Crippen LogP contribution is -2.33. The average molecular weight is 334 g/mol. The first kappa shape index (κ1) is 15.9. The summed E-state index contributed by atoms with van der Waals surface area (Å²) in [7, 11) is 0. The number of H-pyrrole nitrogens is 1. The molecule has 3 aromatic rings. The number of aromatic nitrogens is 1. The van der Waals surface area contributed by atoms with Gasteiger partial charge in [-0.25, -0.2) is 0 Å². The first-order chi connectivity index (χ1) is 12.1. The number of hydrogen-bond acceptors (Lipinski definition) is 2. The number of para-hydroxylation sites is 1. The van der Waals surface area contributed by atoms with Gasteiger partial charge in [0.05, 0.1) is 12.1 Å². The number of aliphatic hydroxyl groups excluding tert-OH is 1. The number of hydrogen-bond donors (Lipinski definition) is 3. The summed E-state index contributed by atoms with van der Waals surface area (Å²) in [6.07, 6.45) is 3.14. The molecule has 4 heteroatoms. The van der Waals surface area contributed by atoms with Crippen molar-refractivity contribution in [3.63, 3.8) is 0 Å². The van der Waals surface area contributed by atoms with Gasteiger partial charge in [0, 0.05) is 29.9 Å². The van der Waals surface area contributed by atoms with Crippen molar-refractivity contribution < 1.29 is 9.90 Å². The molecule has 2 atom stereocenters. The lowest BCUT2D eigenvalue weighted by Gasteiger charge is -2.18. The highest BCUT2D eigenvalue weighted by atomic mass is 16.3. The van der Waals surface area contributed by atoms with E-state index in [0.717, 1.165) is 22.2 Å². The fourth-order valence-corrected chi connectivity index (χ4v) is 3.81. The second kappa shape index (κ2) is 6.37. The summed E-state index contributed by atoms with van der Waals surface area (Å²) >= 11 is 0. The van der Waals surface area contributed by atoms with Crippen LogP contribution in [0.1, 0.15) is 34.7 Å². The molecule has 128 valence electrons. The number of fused-ring (bicyclic) bond motifs is 2. The summed E-state index contributed by atoms with van der Waals surface area (Å²) in [5.41, 5.74) is 5.65. The first-order valence-electron chi connectivity index (χ1n) is 8.74. The largest absolute Gasteiger partial charge is 0.390 e. The number of benzene rings is 2. The molecule has 0 fully saturated rings. The fraction of sp³-hybridized carbons (Fsp3) is 0.286. The molecule has 0 spiro atoms. The number of carbonyl (C=O) groups is 1. The van der Waals surface area contributed by atoms with Crippen LogP contribution in [0.2, 0.25) is 0 Å². The molecule has 0 radical (unpaired) electrons. The van der Waals surface area contributed by atoms with Crippen LogP contribution in [0.3, 0.4) is 0 Å². The zero-order valence-electron chi connectivity index (χ0n) is 14.3. The minimum Gasteiger partial charge on any atom is -0.390 e. The molecule has 1 aliphatic carbocycles. The minimum absolute atomic E-state index is 0.0252. The van der Waals surface area contributed by atoms with E-state index in [-0.39, 0.29) is 11.9 Å². The van der Waals surface area contributed by atoms with Crippen molar-refractivity contribution in [3.05, 3.63) is 70.9 Å². The molecule has 3 N–H and O–H groups in total. The van der Waals surface area contributed by atoms with Gasteiger partial charge in [-0.3, -0.25) is 4.79 Å². The second-order valence-electron chi connectivity index (χ2n) is 6.83. The van der Waals surface area contributed by atoms with E-state index in [2.05, 4.69) is 29.4 Å². The van der Waals surface area contributed by atoms with Gasteiger partial charge in [0.1, 0.15) is 0 Å². The molecule has 0 aliphatic heterocycles. The van der Waals surface area contributed by atoms with E-state index < -0.39 is 6.10 Å². The van der Waals surface area contributed by atoms with E-state index in [1.165, 1.54) is 10.9 Å². The predicted molar refractivity (Wildman–Crippen MR) is 98.4 cm³/mol. The number of amides is 1. The molecule has 1 amide bonds. The third kappa shape index (κ3) is 2.94. The molecule has 1 aliphatic rings. The van der Waals surface area contributed by atoms with E-state index in [1.807, 2.05) is 36.5 Å². The van der Waals surface area contributed by atoms with Crippen molar-refractivity contribution in [1.29, 1.82) is 0 Å². The molecule has 0 saturated carbocycles. The Kier molecular flexibility index (Phi) is 4.06. The molecule has 2 aromatic carbocycles. The molecule has 1 heterocycles. The van der Waals surface area contributed by atoms with Gasteiger partial charge < -0.3 is 15.4 Å². The van der Waals surface area contributed by atoms with Crippen LogP contribution in [0, 0.1) is 6.92 Å². The van der Waals surface area contributed by atoms with Gasteiger partial charge in [0.15, 0.2) is 0 Å². The predicted octanol–water partition coefficient (Wildman–Crippen LogP) is 3.18. The maximum Gasteiger partial charge on any atom is 0.220 e. The number of aryl methyl sites for hydroxylation is 2. The Balaban J connectivity index is 1.44. The van der Waals surface area contributed by atoms with Crippen molar-refractivity contribution in [2.45, 2.75) is 38.3 Å². The SMILES string of the molecule is Cc1cccc2c(CCC(=O)NC3c4ccccc4CC3O)c[nH]c12. The number of nitrogens with one attached hydrogen (secondary N) is 2. The minimum atomic E-state index is -0.544. The first-order valence-corrected chi connectivity index (χ1v) is 8.74. The zero-order chi connectivity index (χ0) is 17.4. The Morgan fingerprint density at radius 1 is 1.24 bits per heavy atom. The quantitative estimate of drug-likeness (QED) is 0.686. The van der Waals surface area contributed by atoms with Gasteiger partial charge >= 0.3 is 0 Å². The number of aliphatic hydroxyl groups is 1. The normalized spacial score (nSPS) is 19.1. The fourth-order valence-electron chi connectivity index (χ4n) is 3.81. The van der Waals surface area contributed by atoms with Crippen LogP contribution < -0.4 is 5.32 Å². The highest BCUT2D eigenvalue weighted by Gasteiger charge is 2.31. The van der Waals surface area contributed by atoms with E-state index >= 15 is 0 Å². The number of carbonyl (C=O) groups excluding carboxylic acids is 1. The van der Waals surface area contributed by atoms with Gasteiger partial charge in [-0.1, -0.05) is 42.5 Å². The van der Waals surface area contributed by atoms with E-state index in [1.54, 1.807) is 0 Å². The third-order valence-corrected chi connectivity index (χ3v) is 5.15. The Labute approximate surface area is 146 Å². The Morgan fingerprint density at radius 2 is 2.08 bits per heavy atom. The average Bonchev–Trinajstić information content (AvgIpc) is 3.16. The van der Waals surface area contributed by atoms with Crippen LogP contribution in [0.5, 0.6) is 0 Å². The Morgan fingerprint density at radius 3 is 2.96 bits per heavy atom. The van der Waals surface area contributed by atoms with Crippen LogP contribution in [-0.4, -0.2) is 22.1 Å². The topological polar surface area (TPSA) is 65.1 Å². The highest BCUT2D eigenvalue weighted by Crippen LogP contribution is 2.31. The smallest absolute Gasteiger partial charge is 0.220 e. The highest BCUT2D eigenvalue weighted by molar-refractivity contribution is 5.86. The van der Waals surface area contributed by atoms with Gasteiger partial charge in [0.25, 0.3) is 0 Å². The summed E-state index contributed by atoms with van der Waals surface area (Å²) in [5.74, 6) is -0.0252. The maximum atomic E-state index is 12.4. The van der Waals surface area contributed by atoms with Crippen molar-refractivity contribution in [2.75, 3.05) is 0 Å². The van der Waals surface area contributed by atoms with Crippen molar-refractivity contribution in [1.82, 2.24) is 10.3 Å². The molecule has 4 rings (SSSR count). The number of rotatable bonds is 4.